The average Bonchev–Trinajstić information content (AvgIpc) is 2.15. The van der Waals surface area contributed by atoms with Crippen LogP contribution >= 0.6 is 24.0 Å². The lowest BCUT2D eigenvalue weighted by Gasteiger charge is -2.03. The van der Waals surface area contributed by atoms with E-state index >= 15 is 0 Å². The predicted octanol–water partition coefficient (Wildman–Crippen LogP) is 3.27. The Morgan fingerprint density at radius 2 is 1.71 bits per heavy atom. The van der Waals surface area contributed by atoms with E-state index in [0.29, 0.717) is 0 Å². The molecule has 0 amide bonds. The number of hydrogen-bond donors (Lipinski definition) is 0. The van der Waals surface area contributed by atoms with E-state index in [1.54, 1.807) is 3.69 Å². The molecule has 1 aromatic carbocycles. The molecule has 0 radical (unpaired) electrons. The molecule has 0 aromatic heterocycles. The minimum atomic E-state index is 0. The van der Waals surface area contributed by atoms with Gasteiger partial charge < -0.3 is 0 Å². The third-order valence-electron chi connectivity index (χ3n) is 2.44. The van der Waals surface area contributed by atoms with Gasteiger partial charge in [-0.25, -0.2) is 0 Å². The minimum absolute atomic E-state index is 0. The van der Waals surface area contributed by atoms with Gasteiger partial charge in [0.15, 0.2) is 0 Å². The highest BCUT2D eigenvalue weighted by Crippen LogP contribution is 2.00. The molecule has 0 spiro atoms. The summed E-state index contributed by atoms with van der Waals surface area (Å²) in [5, 5.41) is 0. The predicted molar refractivity (Wildman–Crippen MR) is 76.3 cm³/mol. The molecule has 0 atom stereocenters. The summed E-state index contributed by atoms with van der Waals surface area (Å²) in [5.41, 5.74) is 1.46. The zero-order valence-electron chi connectivity index (χ0n) is 9.42. The maximum atomic E-state index is 2.33. The van der Waals surface area contributed by atoms with Crippen molar-refractivity contribution < 1.29 is 0 Å². The van der Waals surface area contributed by atoms with Crippen molar-refractivity contribution in [2.75, 3.05) is 0 Å². The topological polar surface area (TPSA) is 0 Å². The Kier molecular flexibility index (Phi) is 8.34. The molecular weight excluding hydrogens is 295 g/mol. The van der Waals surface area contributed by atoms with Gasteiger partial charge in [-0.2, -0.15) is 3.69 Å². The molecule has 2 heteroatoms. The van der Waals surface area contributed by atoms with E-state index in [-0.39, 0.29) is 44.3 Å². The molecular formula is C12H19IMg. The van der Waals surface area contributed by atoms with Crippen LogP contribution in [0.1, 0.15) is 26.3 Å². The molecule has 76 valence electrons. The summed E-state index contributed by atoms with van der Waals surface area (Å²) in [6.07, 6.45) is 1.16. The van der Waals surface area contributed by atoms with E-state index in [1.165, 1.54) is 10.1 Å². The Morgan fingerprint density at radius 1 is 1.14 bits per heavy atom. The van der Waals surface area contributed by atoms with Crippen LogP contribution in [0.4, 0.5) is 0 Å². The minimum Gasteiger partial charge on any atom is -0.174 e. The first-order valence-corrected chi connectivity index (χ1v) is 7.01. The summed E-state index contributed by atoms with van der Waals surface area (Å²) in [6, 6.07) is 9.21. The molecule has 0 bridgehead atoms. The highest BCUT2D eigenvalue weighted by Gasteiger charge is 2.01. The maximum absolute atomic E-state index is 2.33. The molecule has 0 aliphatic heterocycles. The average molecular weight is 314 g/mol. The van der Waals surface area contributed by atoms with Gasteiger partial charge in [-0.05, 0) is 12.0 Å². The lowest BCUT2D eigenvalue weighted by Crippen LogP contribution is -2.14. The zero-order chi connectivity index (χ0) is 9.68. The second-order valence-electron chi connectivity index (χ2n) is 4.10. The van der Waals surface area contributed by atoms with Crippen LogP contribution in [0.5, 0.6) is 0 Å². The number of benzene rings is 1. The van der Waals surface area contributed by atoms with Crippen molar-refractivity contribution >= 4 is 48.0 Å². The van der Waals surface area contributed by atoms with Crippen molar-refractivity contribution in [2.45, 2.75) is 31.7 Å². The quantitative estimate of drug-likeness (QED) is 0.591. The third kappa shape index (κ3) is 5.56. The maximum Gasteiger partial charge on any atom is 0.409 e. The molecule has 0 unspecified atom stereocenters. The van der Waals surface area contributed by atoms with Gasteiger partial charge in [-0.3, -0.25) is 0 Å². The first-order valence-electron chi connectivity index (χ1n) is 5.30. The summed E-state index contributed by atoms with van der Waals surface area (Å²) in [5.74, 6) is 0.873. The van der Waals surface area contributed by atoms with Crippen LogP contribution in [0.15, 0.2) is 24.3 Å². The van der Waals surface area contributed by atoms with E-state index in [4.69, 9.17) is 0 Å². The van der Waals surface area contributed by atoms with E-state index < -0.39 is 0 Å². The van der Waals surface area contributed by atoms with Crippen molar-refractivity contribution in [1.29, 1.82) is 0 Å². The molecule has 0 aliphatic carbocycles. The molecule has 1 rings (SSSR count). The monoisotopic (exact) mass is 314 g/mol. The molecule has 0 saturated carbocycles. The Morgan fingerprint density at radius 3 is 2.14 bits per heavy atom. The summed E-state index contributed by atoms with van der Waals surface area (Å²) in [7, 11) is 0. The van der Waals surface area contributed by atoms with Gasteiger partial charge in [0.25, 0.3) is 0 Å². The fourth-order valence-corrected chi connectivity index (χ4v) is 2.88. The van der Waals surface area contributed by atoms with Gasteiger partial charge in [-0.1, -0.05) is 51.0 Å². The first-order chi connectivity index (χ1) is 6.22. The second-order valence-corrected chi connectivity index (χ2v) is 6.00. The lowest BCUT2D eigenvalue weighted by atomic mass is 10.2. The van der Waals surface area contributed by atoms with E-state index in [0.717, 1.165) is 12.3 Å². The SMILES string of the molecule is CCc1cc[c]([Mg][CH2]C(C)C)cc1.I. The van der Waals surface area contributed by atoms with E-state index in [9.17, 15) is 0 Å². The second kappa shape index (κ2) is 7.94. The van der Waals surface area contributed by atoms with Gasteiger partial charge in [0, 0.05) is 0 Å². The molecule has 14 heavy (non-hydrogen) atoms. The molecule has 1 aromatic rings. The van der Waals surface area contributed by atoms with Crippen LogP contribution in [-0.2, 0) is 6.42 Å². The van der Waals surface area contributed by atoms with Crippen molar-refractivity contribution in [3.63, 3.8) is 0 Å². The van der Waals surface area contributed by atoms with Crippen molar-refractivity contribution in [3.05, 3.63) is 29.8 Å². The van der Waals surface area contributed by atoms with Crippen molar-refractivity contribution in [1.82, 2.24) is 0 Å². The van der Waals surface area contributed by atoms with Gasteiger partial charge in [0.05, 0.1) is 0 Å². The number of rotatable bonds is 4. The normalized spacial score (nSPS) is 9.43. The highest BCUT2D eigenvalue weighted by molar-refractivity contribution is 14.0. The first kappa shape index (κ1) is 14.7. The highest BCUT2D eigenvalue weighted by atomic mass is 127. The zero-order valence-corrected chi connectivity index (χ0v) is 13.2. The number of hydrogen-bond acceptors (Lipinski definition) is 0. The van der Waals surface area contributed by atoms with Crippen LogP contribution in [0.25, 0.3) is 0 Å². The van der Waals surface area contributed by atoms with Crippen LogP contribution in [0.2, 0.25) is 4.55 Å². The van der Waals surface area contributed by atoms with E-state index in [2.05, 4.69) is 45.0 Å². The standard InChI is InChI=1S/C8H9.C4H9.HI.Mg/c1-2-8-6-4-3-5-7-8;1-4(2)3;;/h4-7H,2H2,1H3;4H,1H2,2-3H3;1H;. The van der Waals surface area contributed by atoms with Gasteiger partial charge >= 0.3 is 20.4 Å². The number of halogens is 1. The van der Waals surface area contributed by atoms with Gasteiger partial charge in [-0.15, -0.1) is 28.5 Å². The molecule has 0 N–H and O–H groups in total. The Balaban J connectivity index is 0.00000169. The lowest BCUT2D eigenvalue weighted by molar-refractivity contribution is 0.732. The summed E-state index contributed by atoms with van der Waals surface area (Å²) in [4.78, 5) is 0. The number of aryl methyl sites for hydroxylation is 1. The van der Waals surface area contributed by atoms with Crippen LogP contribution < -0.4 is 3.69 Å². The third-order valence-corrected chi connectivity index (χ3v) is 4.93. The summed E-state index contributed by atoms with van der Waals surface area (Å²) >= 11 is 0.0175. The van der Waals surface area contributed by atoms with Crippen LogP contribution in [-0.4, -0.2) is 20.4 Å². The van der Waals surface area contributed by atoms with Crippen LogP contribution in [0, 0.1) is 5.92 Å². The molecule has 0 saturated heterocycles. The van der Waals surface area contributed by atoms with Crippen molar-refractivity contribution in [3.8, 4) is 0 Å². The van der Waals surface area contributed by atoms with Gasteiger partial charge in [0.2, 0.25) is 0 Å². The Hall–Kier alpha value is 0.716. The van der Waals surface area contributed by atoms with Gasteiger partial charge in [0.1, 0.15) is 0 Å². The van der Waals surface area contributed by atoms with Crippen molar-refractivity contribution in [2.24, 2.45) is 5.92 Å². The molecule has 0 fully saturated rings. The molecule has 0 nitrogen and oxygen atoms in total. The van der Waals surface area contributed by atoms with E-state index in [1.807, 2.05) is 0 Å². The van der Waals surface area contributed by atoms with Crippen LogP contribution in [0.3, 0.4) is 0 Å². The smallest absolute Gasteiger partial charge is 0.174 e. The fraction of sp³-hybridized carbons (Fsp3) is 0.500. The molecule has 0 aliphatic rings. The molecule has 0 heterocycles. The summed E-state index contributed by atoms with van der Waals surface area (Å²) < 4.78 is 3.05. The summed E-state index contributed by atoms with van der Waals surface area (Å²) in [6.45, 7) is 6.83. The Bertz CT molecular complexity index is 241. The largest absolute Gasteiger partial charge is 0.409 e. The fourth-order valence-electron chi connectivity index (χ4n) is 1.40. The Labute approximate surface area is 115 Å².